The van der Waals surface area contributed by atoms with Gasteiger partial charge in [0.1, 0.15) is 5.82 Å². The van der Waals surface area contributed by atoms with Crippen molar-refractivity contribution in [2.24, 2.45) is 0 Å². The Morgan fingerprint density at radius 1 is 1.54 bits per heavy atom. The summed E-state index contributed by atoms with van der Waals surface area (Å²) in [5.74, 6) is -0.781. The van der Waals surface area contributed by atoms with Gasteiger partial charge in [-0.15, -0.1) is 0 Å². The molecule has 0 aliphatic carbocycles. The number of esters is 1. The van der Waals surface area contributed by atoms with Crippen LogP contribution in [0.4, 0.5) is 4.39 Å². The van der Waals surface area contributed by atoms with Gasteiger partial charge in [-0.3, -0.25) is 0 Å². The molecule has 1 aromatic rings. The van der Waals surface area contributed by atoms with Gasteiger partial charge in [0, 0.05) is 6.08 Å². The van der Waals surface area contributed by atoms with Gasteiger partial charge in [0.25, 0.3) is 0 Å². The summed E-state index contributed by atoms with van der Waals surface area (Å²) in [5.41, 5.74) is 0.630. The molecule has 0 atom stereocenters. The lowest BCUT2D eigenvalue weighted by Gasteiger charge is -1.92. The van der Waals surface area contributed by atoms with Gasteiger partial charge >= 0.3 is 5.97 Å². The summed E-state index contributed by atoms with van der Waals surface area (Å²) in [6, 6.07) is 5.95. The zero-order valence-corrected chi connectivity index (χ0v) is 7.16. The standard InChI is InChI=1S/C10H9FO2/c1-13-10(12)6-5-8-3-2-4-9(11)7-8/h2-7H,1H3. The van der Waals surface area contributed by atoms with Gasteiger partial charge in [-0.05, 0) is 23.8 Å². The molecule has 0 bridgehead atoms. The van der Waals surface area contributed by atoms with E-state index in [2.05, 4.69) is 4.74 Å². The van der Waals surface area contributed by atoms with Crippen LogP contribution in [0.1, 0.15) is 5.56 Å². The van der Waals surface area contributed by atoms with Crippen molar-refractivity contribution in [3.05, 3.63) is 41.7 Å². The van der Waals surface area contributed by atoms with Gasteiger partial charge in [-0.25, -0.2) is 9.18 Å². The topological polar surface area (TPSA) is 26.3 Å². The fraction of sp³-hybridized carbons (Fsp3) is 0.100. The molecule has 0 heterocycles. The predicted molar refractivity (Wildman–Crippen MR) is 47.5 cm³/mol. The summed E-state index contributed by atoms with van der Waals surface area (Å²) in [5, 5.41) is 0. The molecule has 3 heteroatoms. The first kappa shape index (κ1) is 9.45. The maximum Gasteiger partial charge on any atom is 0.330 e. The van der Waals surface area contributed by atoms with Crippen LogP contribution in [-0.4, -0.2) is 13.1 Å². The molecule has 2 nitrogen and oxygen atoms in total. The highest BCUT2D eigenvalue weighted by atomic mass is 19.1. The zero-order chi connectivity index (χ0) is 9.68. The highest BCUT2D eigenvalue weighted by molar-refractivity contribution is 5.86. The summed E-state index contributed by atoms with van der Waals surface area (Å²) in [7, 11) is 1.29. The molecule has 0 amide bonds. The second-order valence-electron chi connectivity index (χ2n) is 2.41. The van der Waals surface area contributed by atoms with Crippen molar-refractivity contribution in [2.45, 2.75) is 0 Å². The predicted octanol–water partition coefficient (Wildman–Crippen LogP) is 2.01. The Morgan fingerprint density at radius 2 is 2.31 bits per heavy atom. The lowest BCUT2D eigenvalue weighted by molar-refractivity contribution is -0.134. The van der Waals surface area contributed by atoms with E-state index in [1.807, 2.05) is 0 Å². The lowest BCUT2D eigenvalue weighted by Crippen LogP contribution is -1.93. The fourth-order valence-corrected chi connectivity index (χ4v) is 0.843. The number of halogens is 1. The van der Waals surface area contributed by atoms with E-state index < -0.39 is 5.97 Å². The monoisotopic (exact) mass is 180 g/mol. The molecule has 0 aliphatic heterocycles. The Bertz CT molecular complexity index is 331. The Labute approximate surface area is 75.6 Å². The van der Waals surface area contributed by atoms with Gasteiger partial charge in [0.15, 0.2) is 0 Å². The number of methoxy groups -OCH3 is 1. The number of hydrogen-bond donors (Lipinski definition) is 0. The maximum absolute atomic E-state index is 12.6. The van der Waals surface area contributed by atoms with Crippen molar-refractivity contribution in [1.29, 1.82) is 0 Å². The van der Waals surface area contributed by atoms with Crippen LogP contribution in [0.5, 0.6) is 0 Å². The van der Waals surface area contributed by atoms with Gasteiger partial charge < -0.3 is 4.74 Å². The number of benzene rings is 1. The molecule has 68 valence electrons. The maximum atomic E-state index is 12.6. The Morgan fingerprint density at radius 3 is 2.92 bits per heavy atom. The molecule has 0 N–H and O–H groups in total. The second kappa shape index (κ2) is 4.40. The van der Waals surface area contributed by atoms with Crippen molar-refractivity contribution in [3.8, 4) is 0 Å². The third-order valence-electron chi connectivity index (χ3n) is 1.46. The number of hydrogen-bond acceptors (Lipinski definition) is 2. The zero-order valence-electron chi connectivity index (χ0n) is 7.16. The SMILES string of the molecule is COC(=O)C=Cc1cccc(F)c1. The van der Waals surface area contributed by atoms with E-state index in [-0.39, 0.29) is 5.82 Å². The Hall–Kier alpha value is -1.64. The Balaban J connectivity index is 2.74. The highest BCUT2D eigenvalue weighted by Crippen LogP contribution is 2.05. The van der Waals surface area contributed by atoms with Crippen LogP contribution in [0, 0.1) is 5.82 Å². The van der Waals surface area contributed by atoms with Gasteiger partial charge in [0.2, 0.25) is 0 Å². The van der Waals surface area contributed by atoms with Crippen LogP contribution in [-0.2, 0) is 9.53 Å². The van der Waals surface area contributed by atoms with E-state index >= 15 is 0 Å². The summed E-state index contributed by atoms with van der Waals surface area (Å²) in [6.45, 7) is 0. The smallest absolute Gasteiger partial charge is 0.330 e. The molecule has 1 rings (SSSR count). The first-order valence-electron chi connectivity index (χ1n) is 3.74. The summed E-state index contributed by atoms with van der Waals surface area (Å²) >= 11 is 0. The van der Waals surface area contributed by atoms with Crippen molar-refractivity contribution in [2.75, 3.05) is 7.11 Å². The van der Waals surface area contributed by atoms with Crippen LogP contribution in [0.2, 0.25) is 0 Å². The van der Waals surface area contributed by atoms with E-state index in [1.54, 1.807) is 12.1 Å². The number of ether oxygens (including phenoxy) is 1. The van der Waals surface area contributed by atoms with Gasteiger partial charge in [0.05, 0.1) is 7.11 Å². The number of rotatable bonds is 2. The number of carbonyl (C=O) groups excluding carboxylic acids is 1. The van der Waals surface area contributed by atoms with E-state index in [1.165, 1.54) is 31.4 Å². The Kier molecular flexibility index (Phi) is 3.20. The lowest BCUT2D eigenvalue weighted by atomic mass is 10.2. The first-order chi connectivity index (χ1) is 6.22. The average molecular weight is 180 g/mol. The molecule has 0 unspecified atom stereocenters. The normalized spacial score (nSPS) is 10.3. The molecule has 0 spiro atoms. The third-order valence-corrected chi connectivity index (χ3v) is 1.46. The molecule has 0 fully saturated rings. The molecule has 13 heavy (non-hydrogen) atoms. The van der Waals surface area contributed by atoms with E-state index in [9.17, 15) is 9.18 Å². The largest absolute Gasteiger partial charge is 0.466 e. The molecule has 0 aromatic heterocycles. The molecular weight excluding hydrogens is 171 g/mol. The quantitative estimate of drug-likeness (QED) is 0.514. The summed E-state index contributed by atoms with van der Waals surface area (Å²) in [4.78, 5) is 10.7. The van der Waals surface area contributed by atoms with Gasteiger partial charge in [-0.2, -0.15) is 0 Å². The molecule has 0 radical (unpaired) electrons. The average Bonchev–Trinajstić information content (AvgIpc) is 2.14. The van der Waals surface area contributed by atoms with Gasteiger partial charge in [-0.1, -0.05) is 12.1 Å². The number of carbonyl (C=O) groups is 1. The molecule has 0 saturated carbocycles. The molecule has 0 saturated heterocycles. The minimum Gasteiger partial charge on any atom is -0.466 e. The van der Waals surface area contributed by atoms with Crippen LogP contribution in [0.3, 0.4) is 0 Å². The van der Waals surface area contributed by atoms with Crippen LogP contribution in [0.25, 0.3) is 6.08 Å². The van der Waals surface area contributed by atoms with Crippen LogP contribution in [0.15, 0.2) is 30.3 Å². The molecular formula is C10H9FO2. The van der Waals surface area contributed by atoms with E-state index in [0.29, 0.717) is 5.56 Å². The van der Waals surface area contributed by atoms with Crippen molar-refractivity contribution in [3.63, 3.8) is 0 Å². The van der Waals surface area contributed by atoms with Crippen molar-refractivity contribution >= 4 is 12.0 Å². The molecule has 1 aromatic carbocycles. The van der Waals surface area contributed by atoms with Crippen molar-refractivity contribution in [1.82, 2.24) is 0 Å². The summed E-state index contributed by atoms with van der Waals surface area (Å²) < 4.78 is 17.0. The van der Waals surface area contributed by atoms with Crippen LogP contribution >= 0.6 is 0 Å². The van der Waals surface area contributed by atoms with Crippen molar-refractivity contribution < 1.29 is 13.9 Å². The highest BCUT2D eigenvalue weighted by Gasteiger charge is 1.93. The van der Waals surface area contributed by atoms with E-state index in [4.69, 9.17) is 0 Å². The fourth-order valence-electron chi connectivity index (χ4n) is 0.843. The van der Waals surface area contributed by atoms with Crippen LogP contribution < -0.4 is 0 Å². The third kappa shape index (κ3) is 3.07. The minimum atomic E-state index is -0.454. The van der Waals surface area contributed by atoms with E-state index in [0.717, 1.165) is 0 Å². The first-order valence-corrected chi connectivity index (χ1v) is 3.74. The summed E-state index contributed by atoms with van der Waals surface area (Å²) in [6.07, 6.45) is 2.74. The second-order valence-corrected chi connectivity index (χ2v) is 2.41. The minimum absolute atomic E-state index is 0.327. The molecule has 0 aliphatic rings.